The Bertz CT molecular complexity index is 3360. The minimum atomic E-state index is 0.0733. The van der Waals surface area contributed by atoms with Crippen LogP contribution in [0, 0.1) is 42.2 Å². The number of benzene rings is 1. The van der Waals surface area contributed by atoms with E-state index in [9.17, 15) is 0 Å². The molecule has 1 saturated carbocycles. The zero-order chi connectivity index (χ0) is 52.3. The van der Waals surface area contributed by atoms with Gasteiger partial charge in [0.2, 0.25) is 0 Å². The van der Waals surface area contributed by atoms with E-state index in [2.05, 4.69) is 69.5 Å². The average Bonchev–Trinajstić information content (AvgIpc) is 4.33. The van der Waals surface area contributed by atoms with E-state index in [1.807, 2.05) is 22.7 Å². The Morgan fingerprint density at radius 2 is 0.974 bits per heavy atom. The van der Waals surface area contributed by atoms with Crippen molar-refractivity contribution in [2.45, 2.75) is 225 Å². The predicted octanol–water partition coefficient (Wildman–Crippen LogP) is 17.9. The van der Waals surface area contributed by atoms with Crippen LogP contribution in [0.15, 0.2) is 51.2 Å². The monoisotopic (exact) mass is 1230 g/mol. The Kier molecular flexibility index (Phi) is 23.8. The van der Waals surface area contributed by atoms with Gasteiger partial charge in [-0.25, -0.2) is 0 Å². The Morgan fingerprint density at radius 1 is 0.526 bits per heavy atom. The molecule has 6 aromatic rings. The van der Waals surface area contributed by atoms with Gasteiger partial charge in [-0.1, -0.05) is 181 Å². The normalized spacial score (nSPS) is 18.8. The van der Waals surface area contributed by atoms with Crippen LogP contribution in [0.25, 0.3) is 29.8 Å². The molecule has 1 aromatic carbocycles. The van der Waals surface area contributed by atoms with Crippen molar-refractivity contribution >= 4 is 116 Å². The van der Waals surface area contributed by atoms with Gasteiger partial charge in [-0.05, 0) is 0 Å². The molecule has 3 aliphatic rings. The molecule has 2 unspecified atom stereocenters. The standard InChI is InChI=1S/C64H86N4O2S4Se2/c1-5-7-9-11-13-15-17-19-21-23-25-27-29-31-37-69-48-40-47(41-49(43-48)70-38-32-30-28-26-24-22-20-18-16-14-12-10-8-6-2)42-50-51-39-45(3)71-63(51)64-52(50)44-53(72-64)54-35-36-56(76-54)58-61-59(65-73-67-61)57(55-34-33-46(4)75-55)60-62(58)68-74-66-60/h33-36,39,42,44,47-49H,3-32,37-38,40-41,43H2,1-2H3/b50-42-,54-53+,57-55-,58-56+/t47?,48-,49?/m0/s1. The van der Waals surface area contributed by atoms with Gasteiger partial charge >= 0.3 is 305 Å². The van der Waals surface area contributed by atoms with Gasteiger partial charge in [-0.2, -0.15) is 0 Å². The molecule has 0 radical (unpaired) electrons. The Hall–Kier alpha value is -2.34. The summed E-state index contributed by atoms with van der Waals surface area (Å²) in [6, 6.07) is 13.8. The third-order valence-electron chi connectivity index (χ3n) is 16.0. The number of hydrogen-bond acceptors (Lipinski definition) is 9. The van der Waals surface area contributed by atoms with Gasteiger partial charge in [0.25, 0.3) is 0 Å². The van der Waals surface area contributed by atoms with Crippen molar-refractivity contribution in [3.63, 3.8) is 0 Å². The summed E-state index contributed by atoms with van der Waals surface area (Å²) in [7, 11) is 0. The van der Waals surface area contributed by atoms with Crippen molar-refractivity contribution in [2.75, 3.05) is 13.2 Å². The number of ether oxygens (including phenoxy) is 2. The van der Waals surface area contributed by atoms with Crippen molar-refractivity contribution < 1.29 is 9.47 Å². The summed E-state index contributed by atoms with van der Waals surface area (Å²) in [6.45, 7) is 15.1. The minimum absolute atomic E-state index is 0.0733. The topological polar surface area (TPSA) is 69.0 Å². The Morgan fingerprint density at radius 3 is 1.47 bits per heavy atom. The molecule has 76 heavy (non-hydrogen) atoms. The summed E-state index contributed by atoms with van der Waals surface area (Å²) in [5.74, 6) is 0.397. The number of nitrogens with zero attached hydrogens (tertiary/aromatic N) is 4. The van der Waals surface area contributed by atoms with Crippen LogP contribution in [-0.4, -0.2) is 63.2 Å². The third-order valence-corrected chi connectivity index (χ3v) is 24.1. The molecular weight excluding hydrogens is 1140 g/mol. The summed E-state index contributed by atoms with van der Waals surface area (Å²) in [5.41, 5.74) is 7.97. The van der Waals surface area contributed by atoms with Crippen molar-refractivity contribution in [1.29, 1.82) is 0 Å². The van der Waals surface area contributed by atoms with Gasteiger partial charge in [0.05, 0.1) is 0 Å². The fourth-order valence-electron chi connectivity index (χ4n) is 11.9. The molecule has 9 rings (SSSR count). The second-order valence-corrected chi connectivity index (χ2v) is 30.1. The zero-order valence-electron chi connectivity index (χ0n) is 46.1. The molecule has 3 atom stereocenters. The first-order chi connectivity index (χ1) is 37.5. The number of thiophene rings is 2. The molecule has 6 nitrogen and oxygen atoms in total. The zero-order valence-corrected chi connectivity index (χ0v) is 52.8. The third kappa shape index (κ3) is 16.0. The van der Waals surface area contributed by atoms with Gasteiger partial charge in [0, 0.05) is 0 Å². The van der Waals surface area contributed by atoms with Crippen LogP contribution < -0.4 is 8.62 Å². The maximum atomic E-state index is 6.84. The van der Waals surface area contributed by atoms with Gasteiger partial charge in [0.15, 0.2) is 0 Å². The van der Waals surface area contributed by atoms with E-state index in [1.165, 1.54) is 250 Å². The van der Waals surface area contributed by atoms with Crippen LogP contribution >= 0.6 is 34.4 Å². The first-order valence-corrected chi connectivity index (χ1v) is 36.5. The Labute approximate surface area is 481 Å². The van der Waals surface area contributed by atoms with E-state index >= 15 is 0 Å². The first-order valence-electron chi connectivity index (χ1n) is 30.0. The fourth-order valence-corrected chi connectivity index (χ4v) is 19.5. The first kappa shape index (κ1) is 58.3. The van der Waals surface area contributed by atoms with Crippen molar-refractivity contribution in [1.82, 2.24) is 8.75 Å². The van der Waals surface area contributed by atoms with Crippen LogP contribution in [0.5, 0.6) is 0 Å². The second-order valence-electron chi connectivity index (χ2n) is 22.1. The SMILES string of the molecule is C=c1cc2c(s1)=c1s/c(=c3\cc/c(=c4\c5c(/c(=c6/ccc(=C)[se]6)c6nsnc46)N=S=N5)[se]3)cc1/C2=C\C1CC(OCCCCCCCCCCCCCCCC)C[C@@H](OCCCCCCCCCCCCCCCC)C1. The maximum absolute atomic E-state index is 6.84. The molecule has 0 N–H and O–H groups in total. The van der Waals surface area contributed by atoms with Crippen molar-refractivity contribution in [2.24, 2.45) is 14.6 Å². The number of rotatable bonds is 33. The molecule has 5 aromatic heterocycles. The van der Waals surface area contributed by atoms with Crippen molar-refractivity contribution in [3.8, 4) is 0 Å². The van der Waals surface area contributed by atoms with Crippen LogP contribution in [0.1, 0.15) is 224 Å². The molecule has 410 valence electrons. The number of hydrogen-bond donors (Lipinski definition) is 0. The predicted molar refractivity (Wildman–Crippen MR) is 330 cm³/mol. The van der Waals surface area contributed by atoms with E-state index in [-0.39, 0.29) is 41.2 Å². The number of allylic oxidation sites excluding steroid dienone is 1. The molecule has 0 spiro atoms. The number of aromatic nitrogens is 2. The van der Waals surface area contributed by atoms with Gasteiger partial charge in [0.1, 0.15) is 0 Å². The van der Waals surface area contributed by atoms with E-state index < -0.39 is 0 Å². The summed E-state index contributed by atoms with van der Waals surface area (Å²) in [4.78, 5) is 0. The van der Waals surface area contributed by atoms with Crippen LogP contribution in [-0.2, 0) is 20.8 Å². The summed E-state index contributed by atoms with van der Waals surface area (Å²) in [5, 5.41) is 2.21. The number of unbranched alkanes of at least 4 members (excludes halogenated alkanes) is 26. The van der Waals surface area contributed by atoms with Crippen molar-refractivity contribution in [3.05, 3.63) is 98.5 Å². The molecular formula is C64H86N4O2S4Se2. The van der Waals surface area contributed by atoms with Crippen LogP contribution in [0.3, 0.4) is 0 Å². The molecule has 0 bridgehead atoms. The fraction of sp³-hybridized carbons (Fsp3) is 0.594. The van der Waals surface area contributed by atoms with E-state index in [1.54, 1.807) is 0 Å². The quantitative estimate of drug-likeness (QED) is 0.0304. The van der Waals surface area contributed by atoms with E-state index in [0.717, 1.165) is 69.9 Å². The van der Waals surface area contributed by atoms with Gasteiger partial charge in [-0.3, -0.25) is 0 Å². The van der Waals surface area contributed by atoms with E-state index in [4.69, 9.17) is 26.9 Å². The van der Waals surface area contributed by atoms with Crippen LogP contribution in [0.2, 0.25) is 0 Å². The second kappa shape index (κ2) is 31.0. The molecule has 1 fully saturated rings. The molecule has 6 heterocycles. The summed E-state index contributed by atoms with van der Waals surface area (Å²) >= 11 is 6.63. The van der Waals surface area contributed by atoms with Crippen LogP contribution in [0.4, 0.5) is 11.4 Å². The molecule has 2 aliphatic carbocycles. The molecule has 0 saturated heterocycles. The Balaban J connectivity index is 0.864. The summed E-state index contributed by atoms with van der Waals surface area (Å²) in [6.07, 6.45) is 44.9. The van der Waals surface area contributed by atoms with Gasteiger partial charge in [-0.15, -0.1) is 0 Å². The van der Waals surface area contributed by atoms with E-state index in [0.29, 0.717) is 5.92 Å². The van der Waals surface area contributed by atoms with Gasteiger partial charge < -0.3 is 0 Å². The molecule has 12 heteroatoms. The average molecular weight is 1230 g/mol. The molecule has 0 amide bonds. The number of fused-ring (bicyclic) bond motifs is 4. The summed E-state index contributed by atoms with van der Waals surface area (Å²) < 4.78 is 43.7. The molecule has 1 aliphatic heterocycles.